The fraction of sp³-hybridized carbons (Fsp3) is 0.333. The number of H-pyrrole nitrogens is 1. The van der Waals surface area contributed by atoms with Gasteiger partial charge in [-0.3, -0.25) is 4.79 Å². The summed E-state index contributed by atoms with van der Waals surface area (Å²) in [5.74, 6) is 3.60. The first-order valence-electron chi connectivity index (χ1n) is 18.0. The van der Waals surface area contributed by atoms with Crippen molar-refractivity contribution in [3.63, 3.8) is 0 Å². The predicted molar refractivity (Wildman–Crippen MR) is 207 cm³/mol. The van der Waals surface area contributed by atoms with Gasteiger partial charge in [0.15, 0.2) is 11.5 Å². The zero-order valence-corrected chi connectivity index (χ0v) is 31.0. The van der Waals surface area contributed by atoms with E-state index in [1.54, 1.807) is 45.9 Å². The minimum Gasteiger partial charge on any atom is -0.497 e. The van der Waals surface area contributed by atoms with E-state index in [4.69, 9.17) is 18.9 Å². The van der Waals surface area contributed by atoms with Gasteiger partial charge in [-0.25, -0.2) is 15.0 Å². The molecule has 11 heteroatoms. The molecular weight excluding hydrogens is 668 g/mol. The lowest BCUT2D eigenvalue weighted by Gasteiger charge is -2.36. The van der Waals surface area contributed by atoms with Crippen LogP contribution in [0.15, 0.2) is 85.5 Å². The number of ether oxygens (including phenoxy) is 4. The molecule has 0 aliphatic carbocycles. The van der Waals surface area contributed by atoms with Gasteiger partial charge < -0.3 is 33.7 Å². The minimum atomic E-state index is -0.329. The van der Waals surface area contributed by atoms with Crippen molar-refractivity contribution in [1.29, 1.82) is 0 Å². The maximum atomic E-state index is 13.7. The van der Waals surface area contributed by atoms with Gasteiger partial charge in [0, 0.05) is 32.4 Å². The predicted octanol–water partition coefficient (Wildman–Crippen LogP) is 7.07. The van der Waals surface area contributed by atoms with Crippen LogP contribution in [-0.2, 0) is 19.3 Å². The second-order valence-electron chi connectivity index (χ2n) is 14.0. The van der Waals surface area contributed by atoms with Crippen LogP contribution in [0.25, 0.3) is 21.9 Å². The minimum absolute atomic E-state index is 0.122. The summed E-state index contributed by atoms with van der Waals surface area (Å²) in [6, 6.07) is 24.3. The van der Waals surface area contributed by atoms with Crippen LogP contribution in [0.1, 0.15) is 46.8 Å². The van der Waals surface area contributed by atoms with Gasteiger partial charge in [0.05, 0.1) is 38.3 Å². The Kier molecular flexibility index (Phi) is 10.3. The molecule has 0 radical (unpaired) electrons. The molecule has 0 bridgehead atoms. The lowest BCUT2D eigenvalue weighted by Crippen LogP contribution is -2.46. The standard InChI is InChI=1S/C42H46N6O5/c1-42(20-6-21-48(42)40-38-39(44-26-43-38)45-27-46-40)25-53-36-18-13-30(12-7-28-8-14-31(50-4)15-9-28)33-23-35(41(49)47(2)3)37(24-34(33)36)52-22-19-29-10-16-32(51-5)17-11-29/h8-11,13-18,23-24,26-27H,6-7,12,19-22,25H2,1-5H3,(H,43,44,45,46)/t42-/m0/s1. The van der Waals surface area contributed by atoms with Crippen LogP contribution in [-0.4, -0.2) is 84.4 Å². The van der Waals surface area contributed by atoms with Crippen LogP contribution >= 0.6 is 0 Å². The SMILES string of the molecule is COc1ccc(CCOc2cc3c(OC[C@]4(C)CCCN4c4ncnc5nc[nH]c45)ccc(CCc4ccc(OC)cc4)c3cc2C(=O)N(C)C)cc1. The number of carbonyl (C=O) groups excluding carboxylic acids is 1. The van der Waals surface area contributed by atoms with E-state index in [9.17, 15) is 4.79 Å². The molecule has 1 atom stereocenters. The third-order valence-electron chi connectivity index (χ3n) is 10.2. The van der Waals surface area contributed by atoms with Gasteiger partial charge in [0.2, 0.25) is 0 Å². The first kappa shape index (κ1) is 35.6. The van der Waals surface area contributed by atoms with Crippen molar-refractivity contribution in [3.05, 3.63) is 108 Å². The number of aromatic amines is 1. The number of carbonyl (C=O) groups is 1. The van der Waals surface area contributed by atoms with E-state index in [1.165, 1.54) is 5.56 Å². The van der Waals surface area contributed by atoms with Crippen LogP contribution in [0, 0.1) is 0 Å². The van der Waals surface area contributed by atoms with E-state index in [0.717, 1.165) is 82.7 Å². The van der Waals surface area contributed by atoms with Crippen LogP contribution < -0.4 is 23.8 Å². The van der Waals surface area contributed by atoms with Crippen molar-refractivity contribution < 1.29 is 23.7 Å². The Balaban J connectivity index is 1.23. The molecule has 1 fully saturated rings. The fourth-order valence-corrected chi connectivity index (χ4v) is 7.14. The highest BCUT2D eigenvalue weighted by Gasteiger charge is 2.39. The van der Waals surface area contributed by atoms with Gasteiger partial charge in [-0.05, 0) is 97.1 Å². The molecule has 3 heterocycles. The molecule has 0 saturated carbocycles. The molecule has 1 N–H and O–H groups in total. The van der Waals surface area contributed by atoms with E-state index >= 15 is 0 Å². The molecule has 7 rings (SSSR count). The van der Waals surface area contributed by atoms with Gasteiger partial charge >= 0.3 is 0 Å². The van der Waals surface area contributed by atoms with Crippen LogP contribution in [0.2, 0.25) is 0 Å². The van der Waals surface area contributed by atoms with Crippen molar-refractivity contribution in [2.45, 2.75) is 44.6 Å². The quantitative estimate of drug-likeness (QED) is 0.127. The molecule has 0 spiro atoms. The molecular formula is C42H46N6O5. The zero-order chi connectivity index (χ0) is 37.0. The van der Waals surface area contributed by atoms with Crippen molar-refractivity contribution >= 4 is 33.7 Å². The number of aryl methyl sites for hydroxylation is 2. The van der Waals surface area contributed by atoms with Gasteiger partial charge in [-0.1, -0.05) is 30.3 Å². The number of imidazole rings is 1. The molecule has 1 aliphatic rings. The summed E-state index contributed by atoms with van der Waals surface area (Å²) in [6.45, 7) is 3.89. The Morgan fingerprint density at radius 3 is 2.25 bits per heavy atom. The topological polar surface area (TPSA) is 115 Å². The summed E-state index contributed by atoms with van der Waals surface area (Å²) in [5, 5.41) is 1.87. The number of rotatable bonds is 14. The smallest absolute Gasteiger partial charge is 0.257 e. The Hall–Kier alpha value is -5.84. The molecule has 4 aromatic carbocycles. The number of fused-ring (bicyclic) bond motifs is 2. The molecule has 53 heavy (non-hydrogen) atoms. The maximum Gasteiger partial charge on any atom is 0.257 e. The molecule has 11 nitrogen and oxygen atoms in total. The van der Waals surface area contributed by atoms with Crippen molar-refractivity contribution in [3.8, 4) is 23.0 Å². The van der Waals surface area contributed by atoms with Crippen LogP contribution in [0.3, 0.4) is 0 Å². The number of benzene rings is 4. The second-order valence-corrected chi connectivity index (χ2v) is 14.0. The summed E-state index contributed by atoms with van der Waals surface area (Å²) in [5.41, 5.74) is 5.09. The Bertz CT molecular complexity index is 2200. The van der Waals surface area contributed by atoms with Gasteiger partial charge in [-0.15, -0.1) is 0 Å². The van der Waals surface area contributed by atoms with Crippen molar-refractivity contribution in [2.75, 3.05) is 53.0 Å². The fourth-order valence-electron chi connectivity index (χ4n) is 7.14. The number of hydrogen-bond acceptors (Lipinski definition) is 9. The number of anilines is 1. The van der Waals surface area contributed by atoms with Gasteiger partial charge in [0.1, 0.15) is 41.4 Å². The molecule has 274 valence electrons. The van der Waals surface area contributed by atoms with E-state index in [0.29, 0.717) is 36.6 Å². The van der Waals surface area contributed by atoms with Gasteiger partial charge in [0.25, 0.3) is 5.91 Å². The number of methoxy groups -OCH3 is 2. The number of hydrogen-bond donors (Lipinski definition) is 1. The third-order valence-corrected chi connectivity index (χ3v) is 10.2. The highest BCUT2D eigenvalue weighted by Crippen LogP contribution is 2.39. The molecule has 1 aliphatic heterocycles. The molecule has 6 aromatic rings. The summed E-state index contributed by atoms with van der Waals surface area (Å²) < 4.78 is 23.9. The normalized spacial score (nSPS) is 15.5. The molecule has 1 saturated heterocycles. The maximum absolute atomic E-state index is 13.7. The number of amides is 1. The summed E-state index contributed by atoms with van der Waals surface area (Å²) in [7, 11) is 6.86. The Morgan fingerprint density at radius 2 is 1.55 bits per heavy atom. The van der Waals surface area contributed by atoms with Crippen LogP contribution in [0.5, 0.6) is 23.0 Å². The monoisotopic (exact) mass is 714 g/mol. The number of nitrogens with zero attached hydrogens (tertiary/aromatic N) is 5. The average Bonchev–Trinajstić information content (AvgIpc) is 3.83. The second kappa shape index (κ2) is 15.4. The van der Waals surface area contributed by atoms with E-state index < -0.39 is 0 Å². The number of nitrogens with one attached hydrogen (secondary N) is 1. The van der Waals surface area contributed by atoms with Crippen molar-refractivity contribution in [1.82, 2.24) is 24.8 Å². The van der Waals surface area contributed by atoms with Crippen molar-refractivity contribution in [2.24, 2.45) is 0 Å². The lowest BCUT2D eigenvalue weighted by atomic mass is 9.95. The summed E-state index contributed by atoms with van der Waals surface area (Å²) in [6.07, 6.45) is 7.43. The van der Waals surface area contributed by atoms with Gasteiger partial charge in [-0.2, -0.15) is 0 Å². The highest BCUT2D eigenvalue weighted by atomic mass is 16.5. The Morgan fingerprint density at radius 1 is 0.830 bits per heavy atom. The van der Waals surface area contributed by atoms with E-state index in [1.807, 2.05) is 48.5 Å². The summed E-state index contributed by atoms with van der Waals surface area (Å²) >= 11 is 0. The summed E-state index contributed by atoms with van der Waals surface area (Å²) in [4.78, 5) is 34.2. The lowest BCUT2D eigenvalue weighted by molar-refractivity contribution is 0.0823. The molecule has 0 unspecified atom stereocenters. The zero-order valence-electron chi connectivity index (χ0n) is 31.0. The number of aromatic nitrogens is 4. The van der Waals surface area contributed by atoms with E-state index in [-0.39, 0.29) is 11.4 Å². The van der Waals surface area contributed by atoms with E-state index in [2.05, 4.69) is 56.0 Å². The third kappa shape index (κ3) is 7.55. The highest BCUT2D eigenvalue weighted by molar-refractivity contribution is 6.03. The largest absolute Gasteiger partial charge is 0.497 e. The molecule has 1 amide bonds. The first-order valence-corrected chi connectivity index (χ1v) is 18.0. The van der Waals surface area contributed by atoms with Crippen LogP contribution in [0.4, 0.5) is 5.82 Å². The molecule has 2 aromatic heterocycles. The average molecular weight is 715 g/mol. The Labute approximate surface area is 309 Å². The first-order chi connectivity index (χ1) is 25.8.